The third-order valence-corrected chi connectivity index (χ3v) is 6.19. The second-order valence-corrected chi connectivity index (χ2v) is 10.2. The number of nitrogens with one attached hydrogen (secondary N) is 1. The molecule has 2 saturated heterocycles. The van der Waals surface area contributed by atoms with E-state index in [1.165, 1.54) is 6.07 Å². The second kappa shape index (κ2) is 11.8. The number of anilines is 1. The predicted octanol–water partition coefficient (Wildman–Crippen LogP) is 4.35. The van der Waals surface area contributed by atoms with Crippen molar-refractivity contribution in [1.29, 1.82) is 0 Å². The molecule has 1 aromatic carbocycles. The Morgan fingerprint density at radius 3 is 2.43 bits per heavy atom. The zero-order valence-electron chi connectivity index (χ0n) is 21.2. The zero-order chi connectivity index (χ0) is 25.6. The molecule has 2 aliphatic rings. The van der Waals surface area contributed by atoms with E-state index in [4.69, 9.17) is 14.2 Å². The molecule has 2 aliphatic heterocycles. The van der Waals surface area contributed by atoms with Crippen molar-refractivity contribution in [3.63, 3.8) is 0 Å². The van der Waals surface area contributed by atoms with Gasteiger partial charge in [-0.15, -0.1) is 0 Å². The van der Waals surface area contributed by atoms with Crippen LogP contribution in [0.4, 0.5) is 14.9 Å². The SMILES string of the molecule is CCOC(=O)c1ccc(CC(=O)CC2CCN(C(=O)OC(C)(C)C)CC2)c(NC[C@@H]2CCO2)c1F. The number of rotatable bonds is 9. The third kappa shape index (κ3) is 7.65. The Morgan fingerprint density at radius 1 is 1.17 bits per heavy atom. The first kappa shape index (κ1) is 26.9. The van der Waals surface area contributed by atoms with Gasteiger partial charge in [-0.05, 0) is 64.5 Å². The molecular weight excluding hydrogens is 455 g/mol. The number of esters is 1. The molecular formula is C26H37FN2O6. The van der Waals surface area contributed by atoms with E-state index >= 15 is 4.39 Å². The van der Waals surface area contributed by atoms with Gasteiger partial charge in [-0.2, -0.15) is 0 Å². The fourth-order valence-electron chi connectivity index (χ4n) is 4.24. The molecule has 3 rings (SSSR count). The molecule has 2 fully saturated rings. The smallest absolute Gasteiger partial charge is 0.410 e. The summed E-state index contributed by atoms with van der Waals surface area (Å²) in [5.74, 6) is -1.29. The zero-order valence-corrected chi connectivity index (χ0v) is 21.2. The highest BCUT2D eigenvalue weighted by Gasteiger charge is 2.29. The molecule has 8 nitrogen and oxygen atoms in total. The maximum Gasteiger partial charge on any atom is 0.410 e. The minimum Gasteiger partial charge on any atom is -0.462 e. The Morgan fingerprint density at radius 2 is 1.86 bits per heavy atom. The van der Waals surface area contributed by atoms with Gasteiger partial charge in [0.05, 0.1) is 24.0 Å². The number of likely N-dealkylation sites (tertiary alicyclic amines) is 1. The molecule has 35 heavy (non-hydrogen) atoms. The van der Waals surface area contributed by atoms with Gasteiger partial charge in [-0.25, -0.2) is 14.0 Å². The van der Waals surface area contributed by atoms with E-state index in [0.717, 1.165) is 6.42 Å². The molecule has 0 unspecified atom stereocenters. The van der Waals surface area contributed by atoms with Gasteiger partial charge in [-0.3, -0.25) is 4.79 Å². The van der Waals surface area contributed by atoms with Crippen LogP contribution in [0.25, 0.3) is 0 Å². The lowest BCUT2D eigenvalue weighted by atomic mass is 9.89. The number of hydrogen-bond acceptors (Lipinski definition) is 7. The second-order valence-electron chi connectivity index (χ2n) is 10.2. The monoisotopic (exact) mass is 492 g/mol. The van der Waals surface area contributed by atoms with Crippen molar-refractivity contribution >= 4 is 23.5 Å². The number of amides is 1. The molecule has 1 atom stereocenters. The van der Waals surface area contributed by atoms with Gasteiger partial charge in [0.2, 0.25) is 0 Å². The van der Waals surface area contributed by atoms with Gasteiger partial charge < -0.3 is 24.4 Å². The van der Waals surface area contributed by atoms with E-state index in [1.54, 1.807) is 17.9 Å². The van der Waals surface area contributed by atoms with Crippen LogP contribution >= 0.6 is 0 Å². The van der Waals surface area contributed by atoms with Crippen molar-refractivity contribution in [3.05, 3.63) is 29.1 Å². The maximum absolute atomic E-state index is 15.3. The van der Waals surface area contributed by atoms with Crippen LogP contribution in [-0.2, 0) is 25.4 Å². The Hall–Kier alpha value is -2.68. The molecule has 194 valence electrons. The van der Waals surface area contributed by atoms with Gasteiger partial charge in [0.1, 0.15) is 11.4 Å². The molecule has 1 N–H and O–H groups in total. The number of nitrogens with zero attached hydrogens (tertiary/aromatic N) is 1. The molecule has 0 saturated carbocycles. The fourth-order valence-corrected chi connectivity index (χ4v) is 4.24. The number of ether oxygens (including phenoxy) is 3. The highest BCUT2D eigenvalue weighted by Crippen LogP contribution is 2.28. The lowest BCUT2D eigenvalue weighted by molar-refractivity contribution is -0.119. The number of hydrogen-bond donors (Lipinski definition) is 1. The molecule has 0 bridgehead atoms. The van der Waals surface area contributed by atoms with E-state index in [-0.39, 0.29) is 48.2 Å². The van der Waals surface area contributed by atoms with Crippen LogP contribution in [0.1, 0.15) is 69.3 Å². The average Bonchev–Trinajstić information content (AvgIpc) is 2.74. The van der Waals surface area contributed by atoms with E-state index in [0.29, 0.717) is 51.1 Å². The van der Waals surface area contributed by atoms with Crippen LogP contribution in [0, 0.1) is 11.7 Å². The maximum atomic E-state index is 15.3. The lowest BCUT2D eigenvalue weighted by Gasteiger charge is -2.33. The first-order valence-corrected chi connectivity index (χ1v) is 12.4. The summed E-state index contributed by atoms with van der Waals surface area (Å²) in [6.07, 6.45) is 2.37. The molecule has 9 heteroatoms. The summed E-state index contributed by atoms with van der Waals surface area (Å²) in [4.78, 5) is 39.0. The molecule has 0 aromatic heterocycles. The number of carbonyl (C=O) groups excluding carboxylic acids is 3. The van der Waals surface area contributed by atoms with Crippen LogP contribution in [0.5, 0.6) is 0 Å². The van der Waals surface area contributed by atoms with Gasteiger partial charge in [0.15, 0.2) is 5.82 Å². The van der Waals surface area contributed by atoms with Crippen molar-refractivity contribution in [2.24, 2.45) is 5.92 Å². The number of carbonyl (C=O) groups is 3. The summed E-state index contributed by atoms with van der Waals surface area (Å²) in [5.41, 5.74) is -0.0433. The number of ketones is 1. The number of halogens is 1. The van der Waals surface area contributed by atoms with E-state index in [9.17, 15) is 14.4 Å². The number of benzene rings is 1. The average molecular weight is 493 g/mol. The minimum atomic E-state index is -0.734. The standard InChI is InChI=1S/C26H37FN2O6/c1-5-33-24(31)21-7-6-18(23(22(21)27)28-16-20-10-13-34-20)15-19(30)14-17-8-11-29(12-9-17)25(32)35-26(2,3)4/h6-7,17,20,28H,5,8-16H2,1-4H3/t20-/m0/s1. The van der Waals surface area contributed by atoms with Crippen molar-refractivity contribution < 1.29 is 33.0 Å². The quantitative estimate of drug-likeness (QED) is 0.512. The molecule has 0 spiro atoms. The van der Waals surface area contributed by atoms with Crippen LogP contribution in [0.15, 0.2) is 12.1 Å². The normalized spacial score (nSPS) is 18.5. The van der Waals surface area contributed by atoms with Crippen molar-refractivity contribution in [2.75, 3.05) is 38.2 Å². The largest absolute Gasteiger partial charge is 0.462 e. The lowest BCUT2D eigenvalue weighted by Crippen LogP contribution is -2.42. The molecule has 0 radical (unpaired) electrons. The summed E-state index contributed by atoms with van der Waals surface area (Å²) in [6, 6.07) is 2.99. The Bertz CT molecular complexity index is 917. The van der Waals surface area contributed by atoms with Crippen molar-refractivity contribution in [1.82, 2.24) is 4.90 Å². The highest BCUT2D eigenvalue weighted by molar-refractivity contribution is 5.92. The summed E-state index contributed by atoms with van der Waals surface area (Å²) < 4.78 is 31.0. The summed E-state index contributed by atoms with van der Waals surface area (Å²) in [6.45, 7) is 9.47. The van der Waals surface area contributed by atoms with Crippen LogP contribution in [0.2, 0.25) is 0 Å². The fraction of sp³-hybridized carbons (Fsp3) is 0.654. The van der Waals surface area contributed by atoms with E-state index < -0.39 is 17.4 Å². The topological polar surface area (TPSA) is 94.2 Å². The van der Waals surface area contributed by atoms with E-state index in [1.807, 2.05) is 20.8 Å². The van der Waals surface area contributed by atoms with Crippen LogP contribution in [-0.4, -0.2) is 67.3 Å². The van der Waals surface area contributed by atoms with Gasteiger partial charge in [0, 0.05) is 39.1 Å². The number of Topliss-reactive ketones (excluding diaryl/α,β-unsaturated/α-hetero) is 1. The predicted molar refractivity (Wildman–Crippen MR) is 129 cm³/mol. The molecule has 0 aliphatic carbocycles. The Kier molecular flexibility index (Phi) is 9.10. The first-order valence-electron chi connectivity index (χ1n) is 12.4. The van der Waals surface area contributed by atoms with Gasteiger partial charge in [0.25, 0.3) is 0 Å². The van der Waals surface area contributed by atoms with Gasteiger partial charge in [-0.1, -0.05) is 6.07 Å². The first-order chi connectivity index (χ1) is 16.6. The summed E-state index contributed by atoms with van der Waals surface area (Å²) in [5, 5.41) is 3.05. The van der Waals surface area contributed by atoms with Gasteiger partial charge >= 0.3 is 12.1 Å². The number of piperidine rings is 1. The van der Waals surface area contributed by atoms with Crippen LogP contribution < -0.4 is 5.32 Å². The summed E-state index contributed by atoms with van der Waals surface area (Å²) in [7, 11) is 0. The van der Waals surface area contributed by atoms with Crippen molar-refractivity contribution in [2.45, 2.75) is 71.5 Å². The molecule has 2 heterocycles. The van der Waals surface area contributed by atoms with Crippen LogP contribution in [0.3, 0.4) is 0 Å². The third-order valence-electron chi connectivity index (χ3n) is 6.19. The van der Waals surface area contributed by atoms with Crippen molar-refractivity contribution in [3.8, 4) is 0 Å². The highest BCUT2D eigenvalue weighted by atomic mass is 19.1. The van der Waals surface area contributed by atoms with E-state index in [2.05, 4.69) is 5.32 Å². The Labute approximate surface area is 206 Å². The summed E-state index contributed by atoms with van der Waals surface area (Å²) >= 11 is 0. The Balaban J connectivity index is 1.61. The molecule has 1 amide bonds. The molecule has 1 aromatic rings. The minimum absolute atomic E-state index is 0.00746.